The molecule has 0 amide bonds. The van der Waals surface area contributed by atoms with E-state index in [1.807, 2.05) is 24.3 Å². The van der Waals surface area contributed by atoms with Crippen LogP contribution in [0.1, 0.15) is 18.4 Å². The van der Waals surface area contributed by atoms with Crippen LogP contribution in [0.25, 0.3) is 33.7 Å². The molecule has 6 heteroatoms. The van der Waals surface area contributed by atoms with Gasteiger partial charge in [0.15, 0.2) is 5.82 Å². The van der Waals surface area contributed by atoms with E-state index in [-0.39, 0.29) is 5.82 Å². The van der Waals surface area contributed by atoms with Crippen molar-refractivity contribution in [1.82, 2.24) is 25.5 Å². The van der Waals surface area contributed by atoms with Gasteiger partial charge in [-0.2, -0.15) is 5.10 Å². The van der Waals surface area contributed by atoms with Crippen molar-refractivity contribution in [3.8, 4) is 34.5 Å². The van der Waals surface area contributed by atoms with Crippen molar-refractivity contribution in [3.05, 3.63) is 60.0 Å². The molecular formula is C23H20FN5. The standard InChI is InChI=1S/C23H20FN5/c24-18-4-1-3-16(13-18)19-5-2-6-20-22(19)28-23(27-20)21-17(14-26-29-21)8-7-15-9-11-25-12-10-15/h1-6,13-15,25H,9-12H2,(H,26,29)(H,27,28). The van der Waals surface area contributed by atoms with Gasteiger partial charge in [-0.1, -0.05) is 36.1 Å². The third-order valence-corrected chi connectivity index (χ3v) is 5.27. The van der Waals surface area contributed by atoms with Gasteiger partial charge in [-0.25, -0.2) is 9.37 Å². The van der Waals surface area contributed by atoms with Crippen LogP contribution in [-0.4, -0.2) is 33.3 Å². The van der Waals surface area contributed by atoms with Gasteiger partial charge in [0.05, 0.1) is 22.8 Å². The van der Waals surface area contributed by atoms with Crippen molar-refractivity contribution in [2.45, 2.75) is 12.8 Å². The van der Waals surface area contributed by atoms with E-state index in [4.69, 9.17) is 4.98 Å². The predicted molar refractivity (Wildman–Crippen MR) is 112 cm³/mol. The number of fused-ring (bicyclic) bond motifs is 1. The molecule has 0 unspecified atom stereocenters. The smallest absolute Gasteiger partial charge is 0.157 e. The van der Waals surface area contributed by atoms with Gasteiger partial charge in [-0.05, 0) is 49.7 Å². The Kier molecular flexibility index (Phi) is 4.59. The molecule has 5 rings (SSSR count). The van der Waals surface area contributed by atoms with E-state index >= 15 is 0 Å². The van der Waals surface area contributed by atoms with E-state index in [9.17, 15) is 4.39 Å². The number of H-pyrrole nitrogens is 2. The highest BCUT2D eigenvalue weighted by Crippen LogP contribution is 2.30. The molecule has 4 aromatic rings. The number of piperidine rings is 1. The molecule has 1 saturated heterocycles. The molecule has 5 nitrogen and oxygen atoms in total. The van der Waals surface area contributed by atoms with Crippen molar-refractivity contribution in [3.63, 3.8) is 0 Å². The minimum atomic E-state index is -0.265. The summed E-state index contributed by atoms with van der Waals surface area (Å²) in [5.74, 6) is 7.48. The molecule has 2 aromatic carbocycles. The van der Waals surface area contributed by atoms with Crippen LogP contribution in [-0.2, 0) is 0 Å². The largest absolute Gasteiger partial charge is 0.337 e. The molecule has 1 aliphatic heterocycles. The predicted octanol–water partition coefficient (Wildman–Crippen LogP) is 4.11. The summed E-state index contributed by atoms with van der Waals surface area (Å²) in [6, 6.07) is 12.4. The highest BCUT2D eigenvalue weighted by molar-refractivity contribution is 5.93. The molecular weight excluding hydrogens is 365 g/mol. The fourth-order valence-electron chi connectivity index (χ4n) is 3.75. The molecule has 0 saturated carbocycles. The maximum atomic E-state index is 13.7. The molecule has 0 radical (unpaired) electrons. The molecule has 3 N–H and O–H groups in total. The monoisotopic (exact) mass is 385 g/mol. The van der Waals surface area contributed by atoms with Crippen LogP contribution in [0.2, 0.25) is 0 Å². The van der Waals surface area contributed by atoms with E-state index in [0.717, 1.165) is 59.3 Å². The number of para-hydroxylation sites is 1. The molecule has 0 atom stereocenters. The minimum absolute atomic E-state index is 0.265. The van der Waals surface area contributed by atoms with E-state index in [1.165, 1.54) is 12.1 Å². The SMILES string of the molecule is Fc1cccc(-c2cccc3[nH]c(-c4[nH]ncc4C#CC4CCNCC4)nc23)c1. The summed E-state index contributed by atoms with van der Waals surface area (Å²) >= 11 is 0. The Morgan fingerprint density at radius 1 is 1.07 bits per heavy atom. The number of nitrogens with zero attached hydrogens (tertiary/aromatic N) is 2. The minimum Gasteiger partial charge on any atom is -0.337 e. The summed E-state index contributed by atoms with van der Waals surface area (Å²) in [4.78, 5) is 8.14. The average molecular weight is 385 g/mol. The van der Waals surface area contributed by atoms with Crippen molar-refractivity contribution in [2.24, 2.45) is 5.92 Å². The molecule has 0 spiro atoms. The maximum Gasteiger partial charge on any atom is 0.157 e. The van der Waals surface area contributed by atoms with Crippen LogP contribution >= 0.6 is 0 Å². The third-order valence-electron chi connectivity index (χ3n) is 5.27. The zero-order valence-corrected chi connectivity index (χ0v) is 15.8. The zero-order chi connectivity index (χ0) is 19.6. The first kappa shape index (κ1) is 17.7. The lowest BCUT2D eigenvalue weighted by atomic mass is 9.98. The molecule has 0 bridgehead atoms. The van der Waals surface area contributed by atoms with Gasteiger partial charge in [-0.15, -0.1) is 0 Å². The van der Waals surface area contributed by atoms with Crippen LogP contribution in [0, 0.1) is 23.6 Å². The number of halogens is 1. The van der Waals surface area contributed by atoms with Crippen LogP contribution in [0.5, 0.6) is 0 Å². The van der Waals surface area contributed by atoms with Gasteiger partial charge in [-0.3, -0.25) is 5.10 Å². The topological polar surface area (TPSA) is 69.4 Å². The summed E-state index contributed by atoms with van der Waals surface area (Å²) in [7, 11) is 0. The number of aromatic nitrogens is 4. The third kappa shape index (κ3) is 3.53. The number of hydrogen-bond donors (Lipinski definition) is 3. The number of hydrogen-bond acceptors (Lipinski definition) is 3. The first-order valence-electron chi connectivity index (χ1n) is 9.78. The van der Waals surface area contributed by atoms with Gasteiger partial charge in [0.2, 0.25) is 0 Å². The van der Waals surface area contributed by atoms with Crippen molar-refractivity contribution in [2.75, 3.05) is 13.1 Å². The van der Waals surface area contributed by atoms with Crippen LogP contribution in [0.15, 0.2) is 48.7 Å². The fraction of sp³-hybridized carbons (Fsp3) is 0.217. The second-order valence-electron chi connectivity index (χ2n) is 7.25. The molecule has 1 fully saturated rings. The normalized spacial score (nSPS) is 14.7. The maximum absolute atomic E-state index is 13.7. The summed E-state index contributed by atoms with van der Waals surface area (Å²) < 4.78 is 13.7. The van der Waals surface area contributed by atoms with E-state index < -0.39 is 0 Å². The van der Waals surface area contributed by atoms with Crippen LogP contribution < -0.4 is 5.32 Å². The summed E-state index contributed by atoms with van der Waals surface area (Å²) in [5, 5.41) is 10.6. The molecule has 2 aromatic heterocycles. The quantitative estimate of drug-likeness (QED) is 0.455. The number of rotatable bonds is 2. The second kappa shape index (κ2) is 7.53. The number of imidazole rings is 1. The lowest BCUT2D eigenvalue weighted by Crippen LogP contribution is -2.26. The Hall–Kier alpha value is -3.43. The van der Waals surface area contributed by atoms with Crippen molar-refractivity contribution < 1.29 is 4.39 Å². The summed E-state index contributed by atoms with van der Waals surface area (Å²) in [5.41, 5.74) is 4.95. The van der Waals surface area contributed by atoms with Crippen molar-refractivity contribution >= 4 is 11.0 Å². The van der Waals surface area contributed by atoms with E-state index in [2.05, 4.69) is 32.3 Å². The number of aromatic amines is 2. The molecule has 3 heterocycles. The van der Waals surface area contributed by atoms with Gasteiger partial charge >= 0.3 is 0 Å². The zero-order valence-electron chi connectivity index (χ0n) is 15.8. The Bertz CT molecular complexity index is 1220. The van der Waals surface area contributed by atoms with Crippen molar-refractivity contribution in [1.29, 1.82) is 0 Å². The highest BCUT2D eigenvalue weighted by Gasteiger charge is 2.15. The lowest BCUT2D eigenvalue weighted by molar-refractivity contribution is 0.447. The molecule has 144 valence electrons. The first-order chi connectivity index (χ1) is 14.3. The first-order valence-corrected chi connectivity index (χ1v) is 9.78. The number of benzene rings is 2. The molecule has 0 aliphatic carbocycles. The van der Waals surface area contributed by atoms with Crippen LogP contribution in [0.4, 0.5) is 4.39 Å². The Morgan fingerprint density at radius 2 is 1.93 bits per heavy atom. The fourth-order valence-corrected chi connectivity index (χ4v) is 3.75. The molecule has 29 heavy (non-hydrogen) atoms. The van der Waals surface area contributed by atoms with Gasteiger partial charge < -0.3 is 10.3 Å². The Morgan fingerprint density at radius 3 is 2.79 bits per heavy atom. The van der Waals surface area contributed by atoms with E-state index in [0.29, 0.717) is 11.7 Å². The van der Waals surface area contributed by atoms with Gasteiger partial charge in [0.1, 0.15) is 11.5 Å². The van der Waals surface area contributed by atoms with Gasteiger partial charge in [0, 0.05) is 11.5 Å². The van der Waals surface area contributed by atoms with Gasteiger partial charge in [0.25, 0.3) is 0 Å². The average Bonchev–Trinajstić information content (AvgIpc) is 3.39. The Balaban J connectivity index is 1.53. The Labute approximate surface area is 167 Å². The highest BCUT2D eigenvalue weighted by atomic mass is 19.1. The van der Waals surface area contributed by atoms with E-state index in [1.54, 1.807) is 12.3 Å². The summed E-state index contributed by atoms with van der Waals surface area (Å²) in [6.45, 7) is 2.04. The second-order valence-corrected chi connectivity index (χ2v) is 7.25. The summed E-state index contributed by atoms with van der Waals surface area (Å²) in [6.07, 6.45) is 3.88. The van der Waals surface area contributed by atoms with Crippen LogP contribution in [0.3, 0.4) is 0 Å². The molecule has 1 aliphatic rings. The number of nitrogens with one attached hydrogen (secondary N) is 3. The lowest BCUT2D eigenvalue weighted by Gasteiger charge is -2.17.